The summed E-state index contributed by atoms with van der Waals surface area (Å²) in [5, 5.41) is 3.35. The normalized spacial score (nSPS) is 12.0. The van der Waals surface area contributed by atoms with Crippen molar-refractivity contribution >= 4 is 11.3 Å². The van der Waals surface area contributed by atoms with Crippen molar-refractivity contribution < 1.29 is 0 Å². The van der Waals surface area contributed by atoms with Gasteiger partial charge in [0.05, 0.1) is 10.7 Å². The molecule has 0 aromatic carbocycles. The molecule has 0 aliphatic rings. The predicted molar refractivity (Wildman–Crippen MR) is 79.8 cm³/mol. The summed E-state index contributed by atoms with van der Waals surface area (Å²) in [4.78, 5) is 7.16. The summed E-state index contributed by atoms with van der Waals surface area (Å²) in [5.41, 5.74) is 6.76. The number of hydrogen-bond donors (Lipinski definition) is 1. The SMILES string of the molecule is CC(C)CN(Cc1csc(CCN)n1)CC(C)C. The molecule has 2 N–H and O–H groups in total. The second kappa shape index (κ2) is 7.87. The van der Waals surface area contributed by atoms with Crippen molar-refractivity contribution in [1.29, 1.82) is 0 Å². The highest BCUT2D eigenvalue weighted by Crippen LogP contribution is 2.14. The van der Waals surface area contributed by atoms with Crippen LogP contribution >= 0.6 is 11.3 Å². The van der Waals surface area contributed by atoms with Crippen molar-refractivity contribution in [2.24, 2.45) is 17.6 Å². The summed E-state index contributed by atoms with van der Waals surface area (Å²) in [6.07, 6.45) is 0.902. The van der Waals surface area contributed by atoms with Gasteiger partial charge < -0.3 is 5.73 Å². The molecule has 0 amide bonds. The van der Waals surface area contributed by atoms with E-state index in [2.05, 4.69) is 43.0 Å². The monoisotopic (exact) mass is 269 g/mol. The molecule has 0 aliphatic heterocycles. The van der Waals surface area contributed by atoms with Gasteiger partial charge in [0.1, 0.15) is 0 Å². The Morgan fingerprint density at radius 1 is 1.22 bits per heavy atom. The highest BCUT2D eigenvalue weighted by atomic mass is 32.1. The molecule has 4 heteroatoms. The van der Waals surface area contributed by atoms with Gasteiger partial charge in [-0.1, -0.05) is 27.7 Å². The van der Waals surface area contributed by atoms with Gasteiger partial charge in [0.2, 0.25) is 0 Å². The Hall–Kier alpha value is -0.450. The van der Waals surface area contributed by atoms with E-state index >= 15 is 0 Å². The van der Waals surface area contributed by atoms with Crippen LogP contribution in [0, 0.1) is 11.8 Å². The number of aromatic nitrogens is 1. The number of rotatable bonds is 8. The zero-order valence-electron chi connectivity index (χ0n) is 12.1. The molecule has 0 fully saturated rings. The molecule has 104 valence electrons. The van der Waals surface area contributed by atoms with Crippen LogP contribution in [0.25, 0.3) is 0 Å². The molecule has 1 heterocycles. The third-order valence-corrected chi connectivity index (χ3v) is 3.55. The third kappa shape index (κ3) is 5.94. The van der Waals surface area contributed by atoms with Gasteiger partial charge >= 0.3 is 0 Å². The number of hydrogen-bond acceptors (Lipinski definition) is 4. The van der Waals surface area contributed by atoms with E-state index < -0.39 is 0 Å². The minimum atomic E-state index is 0.689. The molecule has 1 rings (SSSR count). The summed E-state index contributed by atoms with van der Waals surface area (Å²) in [6, 6.07) is 0. The number of nitrogens with two attached hydrogens (primary N) is 1. The minimum absolute atomic E-state index is 0.689. The standard InChI is InChI=1S/C14H27N3S/c1-11(2)7-17(8-12(3)4)9-13-10-18-14(16-13)5-6-15/h10-12H,5-9,15H2,1-4H3. The Bertz CT molecular complexity index is 324. The molecule has 0 atom stereocenters. The lowest BCUT2D eigenvalue weighted by Crippen LogP contribution is -2.31. The van der Waals surface area contributed by atoms with Gasteiger partial charge in [0.15, 0.2) is 0 Å². The van der Waals surface area contributed by atoms with Crippen LogP contribution in [0.3, 0.4) is 0 Å². The van der Waals surface area contributed by atoms with Crippen LogP contribution in [-0.2, 0) is 13.0 Å². The van der Waals surface area contributed by atoms with E-state index in [9.17, 15) is 0 Å². The van der Waals surface area contributed by atoms with E-state index in [1.54, 1.807) is 11.3 Å². The second-order valence-corrected chi connectivity index (χ2v) is 6.70. The predicted octanol–water partition coefficient (Wildman–Crippen LogP) is 2.76. The van der Waals surface area contributed by atoms with Crippen LogP contribution in [0.5, 0.6) is 0 Å². The lowest BCUT2D eigenvalue weighted by molar-refractivity contribution is 0.209. The van der Waals surface area contributed by atoms with Gasteiger partial charge in [-0.25, -0.2) is 4.98 Å². The fourth-order valence-corrected chi connectivity index (χ4v) is 2.93. The molecule has 1 aromatic heterocycles. The highest BCUT2D eigenvalue weighted by Gasteiger charge is 2.12. The van der Waals surface area contributed by atoms with E-state index in [1.165, 1.54) is 10.7 Å². The van der Waals surface area contributed by atoms with Crippen LogP contribution in [0.4, 0.5) is 0 Å². The molecule has 18 heavy (non-hydrogen) atoms. The van der Waals surface area contributed by atoms with Crippen molar-refractivity contribution in [2.45, 2.75) is 40.7 Å². The molecule has 0 bridgehead atoms. The minimum Gasteiger partial charge on any atom is -0.330 e. The van der Waals surface area contributed by atoms with Gasteiger partial charge in [-0.2, -0.15) is 0 Å². The molecule has 0 saturated carbocycles. The van der Waals surface area contributed by atoms with E-state index in [4.69, 9.17) is 5.73 Å². The summed E-state index contributed by atoms with van der Waals surface area (Å²) in [6.45, 7) is 13.0. The van der Waals surface area contributed by atoms with Crippen LogP contribution in [0.2, 0.25) is 0 Å². The summed E-state index contributed by atoms with van der Waals surface area (Å²) in [7, 11) is 0. The first-order chi connectivity index (χ1) is 8.51. The Morgan fingerprint density at radius 2 is 1.83 bits per heavy atom. The van der Waals surface area contributed by atoms with Crippen molar-refractivity contribution in [3.8, 4) is 0 Å². The maximum absolute atomic E-state index is 5.56. The third-order valence-electron chi connectivity index (χ3n) is 2.59. The number of nitrogens with zero attached hydrogens (tertiary/aromatic N) is 2. The average molecular weight is 269 g/mol. The molecule has 1 aromatic rings. The first-order valence-corrected chi connectivity index (χ1v) is 7.75. The zero-order chi connectivity index (χ0) is 13.5. The Kier molecular flexibility index (Phi) is 6.82. The quantitative estimate of drug-likeness (QED) is 0.789. The van der Waals surface area contributed by atoms with Gasteiger partial charge in [-0.15, -0.1) is 11.3 Å². The molecule has 0 unspecified atom stereocenters. The smallest absolute Gasteiger partial charge is 0.0941 e. The highest BCUT2D eigenvalue weighted by molar-refractivity contribution is 7.09. The first-order valence-electron chi connectivity index (χ1n) is 6.87. The van der Waals surface area contributed by atoms with Crippen LogP contribution in [-0.4, -0.2) is 29.5 Å². The van der Waals surface area contributed by atoms with Crippen molar-refractivity contribution in [1.82, 2.24) is 9.88 Å². The topological polar surface area (TPSA) is 42.1 Å². The van der Waals surface area contributed by atoms with Crippen LogP contribution < -0.4 is 5.73 Å². The summed E-state index contributed by atoms with van der Waals surface area (Å²) < 4.78 is 0. The van der Waals surface area contributed by atoms with Gasteiger partial charge in [-0.3, -0.25) is 4.90 Å². The van der Waals surface area contributed by atoms with Crippen molar-refractivity contribution in [2.75, 3.05) is 19.6 Å². The van der Waals surface area contributed by atoms with E-state index in [-0.39, 0.29) is 0 Å². The Balaban J connectivity index is 2.57. The second-order valence-electron chi connectivity index (χ2n) is 5.75. The maximum atomic E-state index is 5.56. The van der Waals surface area contributed by atoms with Crippen LogP contribution in [0.15, 0.2) is 5.38 Å². The Morgan fingerprint density at radius 3 is 2.33 bits per heavy atom. The maximum Gasteiger partial charge on any atom is 0.0941 e. The fourth-order valence-electron chi connectivity index (χ4n) is 2.13. The molecule has 3 nitrogen and oxygen atoms in total. The molecule has 0 radical (unpaired) electrons. The van der Waals surface area contributed by atoms with Crippen molar-refractivity contribution in [3.05, 3.63) is 16.1 Å². The molecular formula is C14H27N3S. The largest absolute Gasteiger partial charge is 0.330 e. The van der Waals surface area contributed by atoms with Crippen LogP contribution in [0.1, 0.15) is 38.4 Å². The lowest BCUT2D eigenvalue weighted by atomic mass is 10.1. The van der Waals surface area contributed by atoms with Crippen molar-refractivity contribution in [3.63, 3.8) is 0 Å². The van der Waals surface area contributed by atoms with E-state index in [1.807, 2.05) is 0 Å². The summed E-state index contributed by atoms with van der Waals surface area (Å²) in [5.74, 6) is 1.40. The van der Waals surface area contributed by atoms with E-state index in [0.717, 1.165) is 26.1 Å². The lowest BCUT2D eigenvalue weighted by Gasteiger charge is -2.25. The molecule has 0 spiro atoms. The molecule has 0 aliphatic carbocycles. The molecule has 0 saturated heterocycles. The molecular weight excluding hydrogens is 242 g/mol. The van der Waals surface area contributed by atoms with E-state index in [0.29, 0.717) is 18.4 Å². The summed E-state index contributed by atoms with van der Waals surface area (Å²) >= 11 is 1.74. The Labute approximate surface area is 115 Å². The van der Waals surface area contributed by atoms with Gasteiger partial charge in [0.25, 0.3) is 0 Å². The van der Waals surface area contributed by atoms with Gasteiger partial charge in [0, 0.05) is 31.4 Å². The fraction of sp³-hybridized carbons (Fsp3) is 0.786. The van der Waals surface area contributed by atoms with Gasteiger partial charge in [-0.05, 0) is 18.4 Å². The average Bonchev–Trinajstić information content (AvgIpc) is 2.64. The first kappa shape index (κ1) is 15.6. The zero-order valence-corrected chi connectivity index (χ0v) is 13.0. The number of thiazole rings is 1.